The molecule has 2 heterocycles. The van der Waals surface area contributed by atoms with Crippen LogP contribution < -0.4 is 10.7 Å². The molecule has 0 unspecified atom stereocenters. The van der Waals surface area contributed by atoms with Crippen LogP contribution >= 0.6 is 23.4 Å². The molecule has 0 fully saturated rings. The van der Waals surface area contributed by atoms with E-state index in [1.54, 1.807) is 41.1 Å². The smallest absolute Gasteiger partial charge is 0.240 e. The van der Waals surface area contributed by atoms with Crippen LogP contribution in [0.5, 0.6) is 0 Å². The van der Waals surface area contributed by atoms with Crippen LogP contribution in [0.4, 0.5) is 10.1 Å². The van der Waals surface area contributed by atoms with Crippen molar-refractivity contribution in [1.82, 2.24) is 14.9 Å². The number of benzene rings is 3. The van der Waals surface area contributed by atoms with Crippen molar-refractivity contribution in [2.45, 2.75) is 16.4 Å². The van der Waals surface area contributed by atoms with E-state index in [0.29, 0.717) is 21.7 Å². The van der Waals surface area contributed by atoms with Gasteiger partial charge in [0.15, 0.2) is 5.82 Å². The lowest BCUT2D eigenvalue weighted by atomic mass is 10.0. The Bertz CT molecular complexity index is 1250. The fraction of sp³-hybridized carbons (Fsp3) is 0.0870. The molecule has 0 spiro atoms. The number of carbonyl (C=O) groups excluding carboxylic acids is 1. The third-order valence-electron chi connectivity index (χ3n) is 5.07. The summed E-state index contributed by atoms with van der Waals surface area (Å²) in [4.78, 5) is 13.3. The molecule has 32 heavy (non-hydrogen) atoms. The fourth-order valence-corrected chi connectivity index (χ4v) is 4.70. The second-order valence-corrected chi connectivity index (χ2v) is 8.75. The van der Waals surface area contributed by atoms with E-state index in [9.17, 15) is 9.18 Å². The molecule has 2 N–H and O–H groups in total. The van der Waals surface area contributed by atoms with Gasteiger partial charge < -0.3 is 10.7 Å². The number of hydrogen-bond donors (Lipinski definition) is 2. The van der Waals surface area contributed by atoms with Crippen molar-refractivity contribution in [2.75, 3.05) is 10.7 Å². The SMILES string of the molecule is O=C(Nc1ccc(Cl)cc1)[C@H]1Sc2nnc(-c3ccccc3)n2N[C@H]1c1ccc(F)cc1. The van der Waals surface area contributed by atoms with Gasteiger partial charge in [0.25, 0.3) is 0 Å². The van der Waals surface area contributed by atoms with Gasteiger partial charge in [0.1, 0.15) is 11.1 Å². The highest BCUT2D eigenvalue weighted by atomic mass is 35.5. The number of rotatable bonds is 4. The van der Waals surface area contributed by atoms with E-state index >= 15 is 0 Å². The number of nitrogens with zero attached hydrogens (tertiary/aromatic N) is 3. The van der Waals surface area contributed by atoms with Crippen molar-refractivity contribution in [3.05, 3.63) is 95.3 Å². The Labute approximate surface area is 192 Å². The fourth-order valence-electron chi connectivity index (χ4n) is 3.50. The highest BCUT2D eigenvalue weighted by Crippen LogP contribution is 2.39. The Balaban J connectivity index is 1.50. The van der Waals surface area contributed by atoms with Gasteiger partial charge in [-0.05, 0) is 42.0 Å². The maximum atomic E-state index is 13.6. The Morgan fingerprint density at radius 3 is 2.44 bits per heavy atom. The lowest BCUT2D eigenvalue weighted by molar-refractivity contribution is -0.116. The van der Waals surface area contributed by atoms with E-state index in [4.69, 9.17) is 11.6 Å². The second kappa shape index (κ2) is 8.64. The molecule has 0 saturated carbocycles. The first-order valence-corrected chi connectivity index (χ1v) is 11.1. The van der Waals surface area contributed by atoms with Gasteiger partial charge in [0.05, 0.1) is 6.04 Å². The lowest BCUT2D eigenvalue weighted by Gasteiger charge is -2.33. The number of amides is 1. The van der Waals surface area contributed by atoms with Crippen molar-refractivity contribution in [2.24, 2.45) is 0 Å². The summed E-state index contributed by atoms with van der Waals surface area (Å²) in [6.07, 6.45) is 0. The largest absolute Gasteiger partial charge is 0.325 e. The maximum Gasteiger partial charge on any atom is 0.240 e. The molecule has 1 aliphatic heterocycles. The van der Waals surface area contributed by atoms with Gasteiger partial charge in [-0.1, -0.05) is 65.8 Å². The summed E-state index contributed by atoms with van der Waals surface area (Å²) >= 11 is 7.25. The molecule has 1 amide bonds. The first-order valence-electron chi connectivity index (χ1n) is 9.84. The van der Waals surface area contributed by atoms with Crippen LogP contribution in [-0.4, -0.2) is 26.0 Å². The first kappa shape index (κ1) is 20.5. The molecule has 0 radical (unpaired) electrons. The van der Waals surface area contributed by atoms with Crippen LogP contribution in [0.25, 0.3) is 11.4 Å². The highest BCUT2D eigenvalue weighted by Gasteiger charge is 2.38. The third kappa shape index (κ3) is 4.06. The second-order valence-electron chi connectivity index (χ2n) is 7.20. The number of thioether (sulfide) groups is 1. The molecular weight excluding hydrogens is 449 g/mol. The predicted octanol–water partition coefficient (Wildman–Crippen LogP) is 5.14. The van der Waals surface area contributed by atoms with Gasteiger partial charge in [-0.25, -0.2) is 9.07 Å². The van der Waals surface area contributed by atoms with E-state index in [1.165, 1.54) is 23.9 Å². The Morgan fingerprint density at radius 2 is 1.72 bits per heavy atom. The summed E-state index contributed by atoms with van der Waals surface area (Å²) in [7, 11) is 0. The van der Waals surface area contributed by atoms with E-state index in [-0.39, 0.29) is 11.7 Å². The molecule has 9 heteroatoms. The summed E-state index contributed by atoms with van der Waals surface area (Å²) in [5.41, 5.74) is 5.67. The normalized spacial score (nSPS) is 17.3. The Hall–Kier alpha value is -3.36. The summed E-state index contributed by atoms with van der Waals surface area (Å²) in [5, 5.41) is 12.1. The minimum atomic E-state index is -0.573. The highest BCUT2D eigenvalue weighted by molar-refractivity contribution is 8.00. The number of aromatic nitrogens is 3. The van der Waals surface area contributed by atoms with Gasteiger partial charge in [-0.2, -0.15) is 0 Å². The number of fused-ring (bicyclic) bond motifs is 1. The van der Waals surface area contributed by atoms with E-state index in [1.807, 2.05) is 30.3 Å². The van der Waals surface area contributed by atoms with Gasteiger partial charge in [-0.15, -0.1) is 10.2 Å². The predicted molar refractivity (Wildman–Crippen MR) is 124 cm³/mol. The molecule has 0 saturated heterocycles. The molecule has 1 aromatic heterocycles. The molecule has 3 aromatic carbocycles. The average molecular weight is 466 g/mol. The zero-order chi connectivity index (χ0) is 22.1. The van der Waals surface area contributed by atoms with Crippen LogP contribution in [0.3, 0.4) is 0 Å². The quantitative estimate of drug-likeness (QED) is 0.437. The minimum Gasteiger partial charge on any atom is -0.325 e. The molecule has 4 aromatic rings. The standard InChI is InChI=1S/C23H17ClFN5OS/c24-16-8-12-18(13-9-16)26-22(31)20-19(14-6-10-17(25)11-7-14)29-30-21(27-28-23(30)32-20)15-4-2-1-3-5-15/h1-13,19-20,29H,(H,26,31)/t19-,20-/m0/s1. The molecule has 0 aliphatic carbocycles. The van der Waals surface area contributed by atoms with Crippen LogP contribution in [0.15, 0.2) is 84.0 Å². The van der Waals surface area contributed by atoms with Crippen molar-refractivity contribution in [3.63, 3.8) is 0 Å². The monoisotopic (exact) mass is 465 g/mol. The first-order chi connectivity index (χ1) is 15.6. The number of anilines is 1. The Morgan fingerprint density at radius 1 is 1.00 bits per heavy atom. The molecule has 0 bridgehead atoms. The molecular formula is C23H17ClFN5OS. The van der Waals surface area contributed by atoms with Crippen LogP contribution in [-0.2, 0) is 4.79 Å². The lowest BCUT2D eigenvalue weighted by Crippen LogP contribution is -2.41. The molecule has 2 atom stereocenters. The van der Waals surface area contributed by atoms with E-state index in [2.05, 4.69) is 20.9 Å². The zero-order valence-electron chi connectivity index (χ0n) is 16.6. The average Bonchev–Trinajstić information content (AvgIpc) is 3.24. The van der Waals surface area contributed by atoms with E-state index in [0.717, 1.165) is 11.1 Å². The Kier molecular flexibility index (Phi) is 5.55. The van der Waals surface area contributed by atoms with Crippen molar-refractivity contribution >= 4 is 35.0 Å². The van der Waals surface area contributed by atoms with Gasteiger partial charge >= 0.3 is 0 Å². The molecule has 160 valence electrons. The summed E-state index contributed by atoms with van der Waals surface area (Å²) in [6.45, 7) is 0. The molecule has 6 nitrogen and oxygen atoms in total. The minimum absolute atomic E-state index is 0.213. The topological polar surface area (TPSA) is 71.8 Å². The molecule has 5 rings (SSSR count). The summed E-state index contributed by atoms with van der Waals surface area (Å²) in [6, 6.07) is 22.2. The zero-order valence-corrected chi connectivity index (χ0v) is 18.1. The molecule has 1 aliphatic rings. The van der Waals surface area contributed by atoms with Crippen LogP contribution in [0.1, 0.15) is 11.6 Å². The maximum absolute atomic E-state index is 13.6. The van der Waals surface area contributed by atoms with Crippen LogP contribution in [0.2, 0.25) is 5.02 Å². The summed E-state index contributed by atoms with van der Waals surface area (Å²) in [5.74, 6) is 0.0840. The van der Waals surface area contributed by atoms with Crippen molar-refractivity contribution < 1.29 is 9.18 Å². The van der Waals surface area contributed by atoms with Gasteiger partial charge in [-0.3, -0.25) is 4.79 Å². The number of carbonyl (C=O) groups is 1. The number of nitrogens with one attached hydrogen (secondary N) is 2. The van der Waals surface area contributed by atoms with Gasteiger partial charge in [0.2, 0.25) is 11.1 Å². The van der Waals surface area contributed by atoms with Crippen molar-refractivity contribution in [1.29, 1.82) is 0 Å². The summed E-state index contributed by atoms with van der Waals surface area (Å²) < 4.78 is 15.3. The van der Waals surface area contributed by atoms with Crippen molar-refractivity contribution in [3.8, 4) is 11.4 Å². The van der Waals surface area contributed by atoms with Crippen LogP contribution in [0, 0.1) is 5.82 Å². The number of hydrogen-bond acceptors (Lipinski definition) is 5. The third-order valence-corrected chi connectivity index (χ3v) is 6.54. The van der Waals surface area contributed by atoms with Gasteiger partial charge in [0, 0.05) is 16.3 Å². The van der Waals surface area contributed by atoms with E-state index < -0.39 is 11.3 Å². The number of halogens is 2.